The van der Waals surface area contributed by atoms with Gasteiger partial charge in [-0.25, -0.2) is 4.57 Å². The normalized spacial score (nSPS) is 16.0. The van der Waals surface area contributed by atoms with Gasteiger partial charge < -0.3 is 20.3 Å². The lowest BCUT2D eigenvalue weighted by atomic mass is 10.2. The molecular weight excluding hydrogens is 314 g/mol. The second kappa shape index (κ2) is 6.46. The lowest BCUT2D eigenvalue weighted by Gasteiger charge is -2.15. The van der Waals surface area contributed by atoms with Crippen LogP contribution in [-0.4, -0.2) is 28.2 Å². The van der Waals surface area contributed by atoms with Crippen LogP contribution in [0.4, 0.5) is 13.2 Å². The number of rotatable bonds is 6. The number of alkyl halides is 3. The maximum atomic E-state index is 12.3. The van der Waals surface area contributed by atoms with E-state index in [1.165, 1.54) is 0 Å². The van der Waals surface area contributed by atoms with Gasteiger partial charge in [0, 0.05) is 0 Å². The lowest BCUT2D eigenvalue weighted by molar-refractivity contribution is -0.139. The molecular formula is C11H13F3NO5P. The number of carboxylic acids is 1. The Morgan fingerprint density at radius 2 is 1.86 bits per heavy atom. The zero-order valence-electron chi connectivity index (χ0n) is 10.6. The van der Waals surface area contributed by atoms with E-state index in [0.717, 1.165) is 12.1 Å². The van der Waals surface area contributed by atoms with Crippen molar-refractivity contribution in [3.05, 3.63) is 29.8 Å². The monoisotopic (exact) mass is 327 g/mol. The molecule has 1 aromatic rings. The van der Waals surface area contributed by atoms with E-state index in [9.17, 15) is 27.4 Å². The fourth-order valence-electron chi connectivity index (χ4n) is 1.34. The van der Waals surface area contributed by atoms with Crippen molar-refractivity contribution < 1.29 is 37.1 Å². The van der Waals surface area contributed by atoms with Crippen LogP contribution in [0.5, 0.6) is 5.75 Å². The maximum absolute atomic E-state index is 12.3. The summed E-state index contributed by atoms with van der Waals surface area (Å²) in [4.78, 5) is 20.0. The summed E-state index contributed by atoms with van der Waals surface area (Å²) in [6, 6.07) is 1.91. The first kappa shape index (κ1) is 17.5. The highest BCUT2D eigenvalue weighted by atomic mass is 31.2. The summed E-state index contributed by atoms with van der Waals surface area (Å²) in [6.45, 7) is 0. The highest BCUT2D eigenvalue weighted by Gasteiger charge is 2.30. The van der Waals surface area contributed by atoms with E-state index in [0.29, 0.717) is 12.1 Å². The highest BCUT2D eigenvalue weighted by molar-refractivity contribution is 7.53. The van der Waals surface area contributed by atoms with Crippen molar-refractivity contribution in [3.63, 3.8) is 0 Å². The van der Waals surface area contributed by atoms with E-state index in [2.05, 4.69) is 0 Å². The van der Waals surface area contributed by atoms with E-state index in [1.807, 2.05) is 0 Å². The maximum Gasteiger partial charge on any atom is 0.416 e. The molecule has 1 aromatic carbocycles. The highest BCUT2D eigenvalue weighted by Crippen LogP contribution is 2.43. The molecule has 0 amide bonds. The van der Waals surface area contributed by atoms with Crippen molar-refractivity contribution in [2.45, 2.75) is 18.6 Å². The quantitative estimate of drug-likeness (QED) is 0.690. The summed E-state index contributed by atoms with van der Waals surface area (Å²) < 4.78 is 53.3. The van der Waals surface area contributed by atoms with Crippen LogP contribution in [-0.2, 0) is 15.5 Å². The average Bonchev–Trinajstić information content (AvgIpc) is 2.35. The van der Waals surface area contributed by atoms with Gasteiger partial charge in [0.1, 0.15) is 11.8 Å². The molecule has 21 heavy (non-hydrogen) atoms. The lowest BCUT2D eigenvalue weighted by Crippen LogP contribution is -2.31. The fraction of sp³-hybridized carbons (Fsp3) is 0.364. The number of hydrogen-bond donors (Lipinski definition) is 3. The second-order valence-corrected chi connectivity index (χ2v) is 6.11. The summed E-state index contributed by atoms with van der Waals surface area (Å²) in [6.07, 6.45) is -5.35. The van der Waals surface area contributed by atoms with Crippen LogP contribution in [0.15, 0.2) is 24.3 Å². The summed E-state index contributed by atoms with van der Waals surface area (Å²) >= 11 is 0. The number of carboxylic acid groups (broad SMARTS) is 1. The van der Waals surface area contributed by atoms with Gasteiger partial charge in [-0.15, -0.1) is 0 Å². The molecule has 0 aliphatic rings. The van der Waals surface area contributed by atoms with Crippen molar-refractivity contribution in [1.29, 1.82) is 0 Å². The molecule has 0 spiro atoms. The Labute approximate surface area is 117 Å². The standard InChI is InChI=1S/C11H13F3NO5P/c12-11(13,14)7-1-3-8(4-2-7)20-21(18,19)6-5-9(15)10(16)17/h1-4,9H,5-6,15H2,(H,16,17)(H,18,19). The van der Waals surface area contributed by atoms with Gasteiger partial charge in [0.2, 0.25) is 0 Å². The summed E-state index contributed by atoms with van der Waals surface area (Å²) in [5.41, 5.74) is 4.25. The summed E-state index contributed by atoms with van der Waals surface area (Å²) in [5.74, 6) is -1.55. The van der Waals surface area contributed by atoms with Gasteiger partial charge in [0.25, 0.3) is 0 Å². The van der Waals surface area contributed by atoms with Gasteiger partial charge in [0.15, 0.2) is 0 Å². The van der Waals surface area contributed by atoms with Gasteiger partial charge in [-0.2, -0.15) is 13.2 Å². The van der Waals surface area contributed by atoms with Crippen LogP contribution in [0.2, 0.25) is 0 Å². The van der Waals surface area contributed by atoms with E-state index in [1.54, 1.807) is 0 Å². The zero-order chi connectivity index (χ0) is 16.3. The minimum atomic E-state index is -4.52. The first-order valence-electron chi connectivity index (χ1n) is 5.68. The predicted molar refractivity (Wildman–Crippen MR) is 67.0 cm³/mol. The fourth-order valence-corrected chi connectivity index (χ4v) is 2.49. The third-order valence-corrected chi connectivity index (χ3v) is 3.79. The first-order chi connectivity index (χ1) is 9.51. The van der Waals surface area contributed by atoms with Crippen LogP contribution < -0.4 is 10.3 Å². The zero-order valence-corrected chi connectivity index (χ0v) is 11.5. The Morgan fingerprint density at radius 1 is 1.33 bits per heavy atom. The van der Waals surface area contributed by atoms with Crippen molar-refractivity contribution >= 4 is 13.6 Å². The molecule has 0 saturated heterocycles. The predicted octanol–water partition coefficient (Wildman–Crippen LogP) is 2.07. The van der Waals surface area contributed by atoms with E-state index in [-0.39, 0.29) is 12.2 Å². The molecule has 2 atom stereocenters. The number of carbonyl (C=O) groups is 1. The minimum Gasteiger partial charge on any atom is -0.480 e. The van der Waals surface area contributed by atoms with E-state index in [4.69, 9.17) is 15.4 Å². The Balaban J connectivity index is 2.67. The van der Waals surface area contributed by atoms with Crippen LogP contribution in [0.25, 0.3) is 0 Å². The number of aliphatic carboxylic acids is 1. The molecule has 6 nitrogen and oxygen atoms in total. The molecule has 0 aromatic heterocycles. The molecule has 4 N–H and O–H groups in total. The smallest absolute Gasteiger partial charge is 0.416 e. The van der Waals surface area contributed by atoms with Crippen LogP contribution in [0.1, 0.15) is 12.0 Å². The van der Waals surface area contributed by atoms with Crippen molar-refractivity contribution in [1.82, 2.24) is 0 Å². The van der Waals surface area contributed by atoms with E-state index < -0.39 is 37.5 Å². The van der Waals surface area contributed by atoms with E-state index >= 15 is 0 Å². The van der Waals surface area contributed by atoms with Gasteiger partial charge in [-0.05, 0) is 30.7 Å². The molecule has 2 unspecified atom stereocenters. The first-order valence-corrected chi connectivity index (χ1v) is 7.44. The molecule has 0 radical (unpaired) electrons. The molecule has 0 aliphatic carbocycles. The van der Waals surface area contributed by atoms with Crippen molar-refractivity contribution in [2.24, 2.45) is 5.73 Å². The average molecular weight is 327 g/mol. The second-order valence-electron chi connectivity index (χ2n) is 4.21. The SMILES string of the molecule is NC(CCP(=O)(O)Oc1ccc(C(F)(F)F)cc1)C(=O)O. The molecule has 118 valence electrons. The molecule has 1 rings (SSSR count). The molecule has 0 aliphatic heterocycles. The van der Waals surface area contributed by atoms with Gasteiger partial charge in [-0.1, -0.05) is 0 Å². The number of nitrogens with two attached hydrogens (primary N) is 1. The molecule has 0 saturated carbocycles. The Kier molecular flexibility index (Phi) is 5.38. The Bertz CT molecular complexity index is 546. The molecule has 0 bridgehead atoms. The molecule has 10 heteroatoms. The van der Waals surface area contributed by atoms with Gasteiger partial charge in [-0.3, -0.25) is 4.79 Å². The van der Waals surface area contributed by atoms with Gasteiger partial charge in [0.05, 0.1) is 11.7 Å². The minimum absolute atomic E-state index is 0.224. The molecule has 0 heterocycles. The topological polar surface area (TPSA) is 110 Å². The third kappa shape index (κ3) is 5.74. The van der Waals surface area contributed by atoms with Gasteiger partial charge >= 0.3 is 19.7 Å². The van der Waals surface area contributed by atoms with Crippen LogP contribution >= 0.6 is 7.60 Å². The summed E-state index contributed by atoms with van der Waals surface area (Å²) in [7, 11) is -4.19. The third-order valence-electron chi connectivity index (χ3n) is 2.47. The Hall–Kier alpha value is -1.57. The van der Waals surface area contributed by atoms with Crippen molar-refractivity contribution in [3.8, 4) is 5.75 Å². The number of halogens is 3. The van der Waals surface area contributed by atoms with Crippen LogP contribution in [0, 0.1) is 0 Å². The largest absolute Gasteiger partial charge is 0.480 e. The van der Waals surface area contributed by atoms with Crippen LogP contribution in [0.3, 0.4) is 0 Å². The number of hydrogen-bond acceptors (Lipinski definition) is 4. The van der Waals surface area contributed by atoms with Crippen molar-refractivity contribution in [2.75, 3.05) is 6.16 Å². The molecule has 0 fully saturated rings. The number of benzene rings is 1. The Morgan fingerprint density at radius 3 is 2.29 bits per heavy atom. The summed E-state index contributed by atoms with van der Waals surface area (Å²) in [5, 5.41) is 8.53.